The van der Waals surface area contributed by atoms with E-state index in [1.165, 1.54) is 4.90 Å². The molecule has 3 amide bonds. The summed E-state index contributed by atoms with van der Waals surface area (Å²) in [6.45, 7) is 11.4. The molecule has 0 aromatic rings. The van der Waals surface area contributed by atoms with Crippen LogP contribution in [0.5, 0.6) is 0 Å². The topological polar surface area (TPSA) is 43.9 Å². The Morgan fingerprint density at radius 3 is 2.14 bits per heavy atom. The summed E-state index contributed by atoms with van der Waals surface area (Å²) < 4.78 is 0. The average Bonchev–Trinajstić information content (AvgIpc) is 2.62. The standard InChI is InChI=1S/C17H31N3O2/c1-13(2)6-9-20-16(22)19(12-14(3)4)15(21)17(20)7-10-18(5)11-8-17/h13-14H,6-12H2,1-5H3. The number of imide groups is 1. The molecule has 126 valence electrons. The van der Waals surface area contributed by atoms with Gasteiger partial charge in [-0.25, -0.2) is 4.79 Å². The molecule has 5 heteroatoms. The first-order valence-corrected chi connectivity index (χ1v) is 8.60. The first kappa shape index (κ1) is 17.3. The molecule has 2 fully saturated rings. The van der Waals surface area contributed by atoms with Gasteiger partial charge in [0.25, 0.3) is 5.91 Å². The van der Waals surface area contributed by atoms with Crippen LogP contribution in [0.4, 0.5) is 4.79 Å². The van der Waals surface area contributed by atoms with Crippen molar-refractivity contribution in [3.05, 3.63) is 0 Å². The van der Waals surface area contributed by atoms with Gasteiger partial charge in [0.05, 0.1) is 0 Å². The highest BCUT2D eigenvalue weighted by Gasteiger charge is 2.57. The number of rotatable bonds is 5. The van der Waals surface area contributed by atoms with Crippen LogP contribution >= 0.6 is 0 Å². The molecule has 0 unspecified atom stereocenters. The average molecular weight is 309 g/mol. The summed E-state index contributed by atoms with van der Waals surface area (Å²) in [7, 11) is 2.08. The molecule has 0 aromatic heterocycles. The first-order valence-electron chi connectivity index (χ1n) is 8.60. The molecule has 0 N–H and O–H groups in total. The van der Waals surface area contributed by atoms with Gasteiger partial charge in [0.1, 0.15) is 5.54 Å². The number of nitrogens with zero attached hydrogens (tertiary/aromatic N) is 3. The minimum absolute atomic E-state index is 0.0445. The van der Waals surface area contributed by atoms with Gasteiger partial charge >= 0.3 is 6.03 Å². The maximum absolute atomic E-state index is 13.0. The van der Waals surface area contributed by atoms with Gasteiger partial charge in [0.2, 0.25) is 0 Å². The van der Waals surface area contributed by atoms with Gasteiger partial charge in [-0.15, -0.1) is 0 Å². The number of likely N-dealkylation sites (tertiary alicyclic amines) is 1. The van der Waals surface area contributed by atoms with Crippen molar-refractivity contribution < 1.29 is 9.59 Å². The maximum atomic E-state index is 13.0. The first-order chi connectivity index (χ1) is 10.3. The summed E-state index contributed by atoms with van der Waals surface area (Å²) in [4.78, 5) is 31.5. The molecule has 2 aliphatic rings. The number of carbonyl (C=O) groups excluding carboxylic acids is 2. The molecule has 2 saturated heterocycles. The Morgan fingerprint density at radius 2 is 1.64 bits per heavy atom. The number of hydrogen-bond donors (Lipinski definition) is 0. The predicted molar refractivity (Wildman–Crippen MR) is 87.6 cm³/mol. The van der Waals surface area contributed by atoms with Crippen molar-refractivity contribution in [2.45, 2.75) is 52.5 Å². The Balaban J connectivity index is 2.25. The highest BCUT2D eigenvalue weighted by atomic mass is 16.2. The Kier molecular flexibility index (Phi) is 5.15. The van der Waals surface area contributed by atoms with Crippen LogP contribution in [0.25, 0.3) is 0 Å². The molecule has 2 rings (SSSR count). The van der Waals surface area contributed by atoms with E-state index in [-0.39, 0.29) is 11.9 Å². The lowest BCUT2D eigenvalue weighted by molar-refractivity contribution is -0.135. The molecule has 0 bridgehead atoms. The Hall–Kier alpha value is -1.10. The lowest BCUT2D eigenvalue weighted by Gasteiger charge is -2.41. The largest absolute Gasteiger partial charge is 0.327 e. The van der Waals surface area contributed by atoms with Crippen LogP contribution < -0.4 is 0 Å². The van der Waals surface area contributed by atoms with E-state index < -0.39 is 5.54 Å². The van der Waals surface area contributed by atoms with Gasteiger partial charge in [-0.3, -0.25) is 9.69 Å². The molecule has 1 spiro atoms. The second kappa shape index (κ2) is 6.57. The van der Waals surface area contributed by atoms with Crippen molar-refractivity contribution in [2.75, 3.05) is 33.2 Å². The minimum atomic E-state index is -0.576. The van der Waals surface area contributed by atoms with Crippen molar-refractivity contribution in [2.24, 2.45) is 11.8 Å². The number of hydrogen-bond acceptors (Lipinski definition) is 3. The summed E-state index contributed by atoms with van der Waals surface area (Å²) in [5.74, 6) is 0.884. The summed E-state index contributed by atoms with van der Waals surface area (Å²) in [5, 5.41) is 0. The zero-order valence-electron chi connectivity index (χ0n) is 14.8. The quantitative estimate of drug-likeness (QED) is 0.733. The van der Waals surface area contributed by atoms with Gasteiger partial charge in [0, 0.05) is 26.2 Å². The van der Waals surface area contributed by atoms with Gasteiger partial charge < -0.3 is 9.80 Å². The normalized spacial score (nSPS) is 22.7. The van der Waals surface area contributed by atoms with E-state index in [1.54, 1.807) is 0 Å². The van der Waals surface area contributed by atoms with Gasteiger partial charge in [-0.05, 0) is 38.1 Å². The van der Waals surface area contributed by atoms with Crippen molar-refractivity contribution >= 4 is 11.9 Å². The van der Waals surface area contributed by atoms with Crippen LogP contribution in [0.2, 0.25) is 0 Å². The molecule has 22 heavy (non-hydrogen) atoms. The van der Waals surface area contributed by atoms with E-state index in [4.69, 9.17) is 0 Å². The molecular formula is C17H31N3O2. The van der Waals surface area contributed by atoms with Gasteiger partial charge in [-0.1, -0.05) is 27.7 Å². The van der Waals surface area contributed by atoms with E-state index in [2.05, 4.69) is 39.6 Å². The smallest absolute Gasteiger partial charge is 0.309 e. The highest BCUT2D eigenvalue weighted by Crippen LogP contribution is 2.37. The lowest BCUT2D eigenvalue weighted by atomic mass is 9.85. The molecule has 0 saturated carbocycles. The number of amides is 3. The maximum Gasteiger partial charge on any atom is 0.327 e. The van der Waals surface area contributed by atoms with Crippen molar-refractivity contribution in [3.63, 3.8) is 0 Å². The number of urea groups is 1. The molecule has 2 heterocycles. The van der Waals surface area contributed by atoms with E-state index in [0.717, 1.165) is 32.4 Å². The summed E-state index contributed by atoms with van der Waals surface area (Å²) in [6, 6.07) is -0.0658. The van der Waals surface area contributed by atoms with Crippen LogP contribution in [0, 0.1) is 11.8 Å². The zero-order chi connectivity index (χ0) is 16.5. The van der Waals surface area contributed by atoms with Crippen LogP contribution in [0.15, 0.2) is 0 Å². The minimum Gasteiger partial charge on any atom is -0.309 e. The van der Waals surface area contributed by atoms with Crippen LogP contribution in [-0.4, -0.2) is 65.4 Å². The van der Waals surface area contributed by atoms with Crippen LogP contribution in [0.3, 0.4) is 0 Å². The molecule has 0 radical (unpaired) electrons. The molecule has 0 atom stereocenters. The fourth-order valence-electron chi connectivity index (χ4n) is 3.48. The second-order valence-electron chi connectivity index (χ2n) is 7.76. The van der Waals surface area contributed by atoms with Crippen molar-refractivity contribution in [3.8, 4) is 0 Å². The molecule has 2 aliphatic heterocycles. The fraction of sp³-hybridized carbons (Fsp3) is 0.882. The highest BCUT2D eigenvalue weighted by molar-refractivity contribution is 6.07. The summed E-state index contributed by atoms with van der Waals surface area (Å²) in [5.41, 5.74) is -0.576. The molecule has 0 aromatic carbocycles. The monoisotopic (exact) mass is 309 g/mol. The van der Waals surface area contributed by atoms with E-state index in [1.807, 2.05) is 4.90 Å². The van der Waals surface area contributed by atoms with Crippen molar-refractivity contribution in [1.29, 1.82) is 0 Å². The second-order valence-corrected chi connectivity index (χ2v) is 7.76. The van der Waals surface area contributed by atoms with E-state index >= 15 is 0 Å². The van der Waals surface area contributed by atoms with Crippen LogP contribution in [0.1, 0.15) is 47.0 Å². The predicted octanol–water partition coefficient (Wildman–Crippen LogP) is 2.42. The third-order valence-electron chi connectivity index (χ3n) is 4.91. The summed E-state index contributed by atoms with van der Waals surface area (Å²) >= 11 is 0. The SMILES string of the molecule is CC(C)CCN1C(=O)N(CC(C)C)C(=O)C12CCN(C)CC2. The molecule has 5 nitrogen and oxygen atoms in total. The fourth-order valence-corrected chi connectivity index (χ4v) is 3.48. The Morgan fingerprint density at radius 1 is 1.05 bits per heavy atom. The zero-order valence-corrected chi connectivity index (χ0v) is 14.8. The Labute approximate surface area is 134 Å². The third-order valence-corrected chi connectivity index (χ3v) is 4.91. The third kappa shape index (κ3) is 3.14. The number of piperidine rings is 1. The van der Waals surface area contributed by atoms with Crippen LogP contribution in [-0.2, 0) is 4.79 Å². The van der Waals surface area contributed by atoms with Gasteiger partial charge in [-0.2, -0.15) is 0 Å². The lowest BCUT2D eigenvalue weighted by Crippen LogP contribution is -2.56. The Bertz CT molecular complexity index is 426. The molecular weight excluding hydrogens is 278 g/mol. The number of carbonyl (C=O) groups is 2. The van der Waals surface area contributed by atoms with Gasteiger partial charge in [0.15, 0.2) is 0 Å². The molecule has 0 aliphatic carbocycles. The summed E-state index contributed by atoms with van der Waals surface area (Å²) in [6.07, 6.45) is 2.48. The van der Waals surface area contributed by atoms with E-state index in [0.29, 0.717) is 24.9 Å². The van der Waals surface area contributed by atoms with E-state index in [9.17, 15) is 9.59 Å². The van der Waals surface area contributed by atoms with Crippen molar-refractivity contribution in [1.82, 2.24) is 14.7 Å².